The standard InChI is InChI=1S/C32H52O2/c1-20(2)22-12-14-29(5)17-18-31(7)23(27(22)29)9-10-25-30(6)15-11-21(19-26(33)34)28(3,4)24(30)13-16-32(25,31)8/h21-25,27H,1,9-19H2,2-8H3,(H,33,34)/t21?,22-,23+,24-,25+,27+,29+,30-,31+,32+/m0/s1. The zero-order valence-electron chi connectivity index (χ0n) is 23.3. The van der Waals surface area contributed by atoms with Crippen molar-refractivity contribution in [2.24, 2.45) is 62.6 Å². The number of carboxylic acid groups (broad SMARTS) is 1. The summed E-state index contributed by atoms with van der Waals surface area (Å²) in [5.41, 5.74) is 3.26. The molecule has 0 aromatic heterocycles. The molecule has 10 atom stereocenters. The highest BCUT2D eigenvalue weighted by molar-refractivity contribution is 5.67. The van der Waals surface area contributed by atoms with Crippen molar-refractivity contribution in [2.75, 3.05) is 0 Å². The Morgan fingerprint density at radius 1 is 0.824 bits per heavy atom. The van der Waals surface area contributed by atoms with Crippen LogP contribution in [0.2, 0.25) is 0 Å². The van der Waals surface area contributed by atoms with Crippen molar-refractivity contribution >= 4 is 5.97 Å². The van der Waals surface area contributed by atoms with Gasteiger partial charge in [0.05, 0.1) is 0 Å². The van der Waals surface area contributed by atoms with Crippen LogP contribution in [-0.4, -0.2) is 11.1 Å². The summed E-state index contributed by atoms with van der Waals surface area (Å²) in [6, 6.07) is 0. The molecular weight excluding hydrogens is 416 g/mol. The molecule has 0 radical (unpaired) electrons. The maximum Gasteiger partial charge on any atom is 0.303 e. The second-order valence-electron chi connectivity index (χ2n) is 15.5. The fraction of sp³-hybridized carbons (Fsp3) is 0.906. The Hall–Kier alpha value is -0.790. The molecule has 2 heteroatoms. The highest BCUT2D eigenvalue weighted by Gasteiger charge is 2.70. The van der Waals surface area contributed by atoms with Crippen LogP contribution in [0.3, 0.4) is 0 Å². The molecule has 192 valence electrons. The van der Waals surface area contributed by atoms with E-state index in [0.717, 1.165) is 30.1 Å². The molecule has 0 saturated heterocycles. The van der Waals surface area contributed by atoms with Crippen molar-refractivity contribution in [3.05, 3.63) is 12.2 Å². The van der Waals surface area contributed by atoms with Gasteiger partial charge in [0.2, 0.25) is 0 Å². The van der Waals surface area contributed by atoms with E-state index in [4.69, 9.17) is 0 Å². The summed E-state index contributed by atoms with van der Waals surface area (Å²) >= 11 is 0. The number of allylic oxidation sites excluding steroid dienone is 1. The van der Waals surface area contributed by atoms with Crippen molar-refractivity contribution in [1.29, 1.82) is 0 Å². The maximum atomic E-state index is 11.7. The summed E-state index contributed by atoms with van der Waals surface area (Å²) in [6.07, 6.45) is 13.7. The maximum absolute atomic E-state index is 11.7. The smallest absolute Gasteiger partial charge is 0.303 e. The number of carbonyl (C=O) groups is 1. The second kappa shape index (κ2) is 7.61. The van der Waals surface area contributed by atoms with Crippen LogP contribution in [-0.2, 0) is 4.79 Å². The number of hydrogen-bond donors (Lipinski definition) is 1. The first kappa shape index (κ1) is 24.9. The summed E-state index contributed by atoms with van der Waals surface area (Å²) in [5, 5.41) is 9.60. The average molecular weight is 469 g/mol. The molecule has 0 aromatic carbocycles. The number of aliphatic carboxylic acids is 1. The van der Waals surface area contributed by atoms with Crippen molar-refractivity contribution < 1.29 is 9.90 Å². The molecule has 34 heavy (non-hydrogen) atoms. The molecule has 5 fully saturated rings. The lowest BCUT2D eigenvalue weighted by molar-refractivity contribution is -0.241. The molecule has 1 N–H and O–H groups in total. The molecular formula is C32H52O2. The molecule has 0 aliphatic heterocycles. The van der Waals surface area contributed by atoms with Gasteiger partial charge < -0.3 is 5.11 Å². The molecule has 1 unspecified atom stereocenters. The monoisotopic (exact) mass is 468 g/mol. The second-order valence-corrected chi connectivity index (χ2v) is 15.5. The largest absolute Gasteiger partial charge is 0.481 e. The third-order valence-electron chi connectivity index (χ3n) is 14.2. The highest BCUT2D eigenvalue weighted by Crippen LogP contribution is 2.77. The van der Waals surface area contributed by atoms with E-state index in [9.17, 15) is 9.90 Å². The summed E-state index contributed by atoms with van der Waals surface area (Å²) < 4.78 is 0. The van der Waals surface area contributed by atoms with Gasteiger partial charge in [-0.1, -0.05) is 53.7 Å². The predicted octanol–water partition coefficient (Wildman–Crippen LogP) is 8.75. The van der Waals surface area contributed by atoms with Gasteiger partial charge in [-0.2, -0.15) is 0 Å². The quantitative estimate of drug-likeness (QED) is 0.420. The first-order valence-corrected chi connectivity index (χ1v) is 14.6. The third-order valence-corrected chi connectivity index (χ3v) is 14.2. The minimum atomic E-state index is -0.607. The molecule has 5 rings (SSSR count). The molecule has 2 nitrogen and oxygen atoms in total. The molecule has 0 heterocycles. The Morgan fingerprint density at radius 3 is 2.18 bits per heavy atom. The SMILES string of the molecule is C=C(C)[C@@H]1CC[C@]2(C)CC[C@]3(C)[C@H](CC[C@@H]4[C@@]5(C)CCC(CC(=O)O)C(C)(C)[C@@H]5CC[C@]43C)[C@@H]12. The average Bonchev–Trinajstić information content (AvgIpc) is 3.08. The van der Waals surface area contributed by atoms with E-state index in [2.05, 4.69) is 55.0 Å². The van der Waals surface area contributed by atoms with Gasteiger partial charge in [0.1, 0.15) is 0 Å². The van der Waals surface area contributed by atoms with Crippen molar-refractivity contribution in [1.82, 2.24) is 0 Å². The van der Waals surface area contributed by atoms with Gasteiger partial charge in [0.15, 0.2) is 0 Å². The summed E-state index contributed by atoms with van der Waals surface area (Å²) in [4.78, 5) is 11.7. The van der Waals surface area contributed by atoms with E-state index in [0.29, 0.717) is 39.9 Å². The Morgan fingerprint density at radius 2 is 1.53 bits per heavy atom. The minimum Gasteiger partial charge on any atom is -0.481 e. The minimum absolute atomic E-state index is 0.117. The summed E-state index contributed by atoms with van der Waals surface area (Å²) in [7, 11) is 0. The summed E-state index contributed by atoms with van der Waals surface area (Å²) in [5.74, 6) is 3.54. The lowest BCUT2D eigenvalue weighted by Gasteiger charge is -2.73. The fourth-order valence-electron chi connectivity index (χ4n) is 12.1. The van der Waals surface area contributed by atoms with Crippen molar-refractivity contribution in [3.8, 4) is 0 Å². The third kappa shape index (κ3) is 3.08. The van der Waals surface area contributed by atoms with Crippen LogP contribution in [0.1, 0.15) is 119 Å². The van der Waals surface area contributed by atoms with E-state index in [1.54, 1.807) is 0 Å². The first-order valence-electron chi connectivity index (χ1n) is 14.6. The van der Waals surface area contributed by atoms with E-state index >= 15 is 0 Å². The lowest BCUT2D eigenvalue weighted by atomic mass is 9.32. The first-order chi connectivity index (χ1) is 15.7. The lowest BCUT2D eigenvalue weighted by Crippen LogP contribution is -2.66. The van der Waals surface area contributed by atoms with Gasteiger partial charge in [-0.15, -0.1) is 0 Å². The number of fused-ring (bicyclic) bond motifs is 7. The fourth-order valence-corrected chi connectivity index (χ4v) is 12.1. The number of hydrogen-bond acceptors (Lipinski definition) is 1. The van der Waals surface area contributed by atoms with Crippen LogP contribution in [0.4, 0.5) is 0 Å². The van der Waals surface area contributed by atoms with Crippen LogP contribution >= 0.6 is 0 Å². The molecule has 5 aliphatic carbocycles. The molecule has 0 aromatic rings. The van der Waals surface area contributed by atoms with E-state index in [1.807, 2.05) is 0 Å². The van der Waals surface area contributed by atoms with Gasteiger partial charge in [0, 0.05) is 6.42 Å². The molecule has 5 saturated carbocycles. The van der Waals surface area contributed by atoms with Crippen LogP contribution in [0.15, 0.2) is 12.2 Å². The molecule has 0 amide bonds. The number of carboxylic acids is 1. The highest BCUT2D eigenvalue weighted by atomic mass is 16.4. The van der Waals surface area contributed by atoms with Crippen LogP contribution in [0.5, 0.6) is 0 Å². The van der Waals surface area contributed by atoms with Crippen LogP contribution < -0.4 is 0 Å². The van der Waals surface area contributed by atoms with Crippen LogP contribution in [0.25, 0.3) is 0 Å². The van der Waals surface area contributed by atoms with Gasteiger partial charge >= 0.3 is 5.97 Å². The van der Waals surface area contributed by atoms with E-state index < -0.39 is 5.97 Å². The van der Waals surface area contributed by atoms with Crippen molar-refractivity contribution in [3.63, 3.8) is 0 Å². The van der Waals surface area contributed by atoms with E-state index in [1.165, 1.54) is 63.4 Å². The van der Waals surface area contributed by atoms with E-state index in [-0.39, 0.29) is 5.41 Å². The normalized spacial score (nSPS) is 53.7. The van der Waals surface area contributed by atoms with Gasteiger partial charge in [-0.25, -0.2) is 0 Å². The predicted molar refractivity (Wildman–Crippen MR) is 140 cm³/mol. The topological polar surface area (TPSA) is 37.3 Å². The zero-order chi connectivity index (χ0) is 24.9. The number of rotatable bonds is 3. The summed E-state index contributed by atoms with van der Waals surface area (Å²) in [6.45, 7) is 22.3. The Balaban J connectivity index is 1.50. The molecule has 0 bridgehead atoms. The van der Waals surface area contributed by atoms with Gasteiger partial charge in [-0.05, 0) is 134 Å². The Labute approximate surface area is 209 Å². The van der Waals surface area contributed by atoms with Crippen LogP contribution in [0, 0.1) is 62.6 Å². The van der Waals surface area contributed by atoms with Gasteiger partial charge in [-0.3, -0.25) is 4.79 Å². The zero-order valence-corrected chi connectivity index (χ0v) is 23.3. The Kier molecular flexibility index (Phi) is 5.57. The van der Waals surface area contributed by atoms with Gasteiger partial charge in [0.25, 0.3) is 0 Å². The Bertz CT molecular complexity index is 872. The molecule has 5 aliphatic rings. The van der Waals surface area contributed by atoms with Crippen molar-refractivity contribution in [2.45, 2.75) is 119 Å². The molecule has 0 spiro atoms.